The van der Waals surface area contributed by atoms with Crippen molar-refractivity contribution in [1.82, 2.24) is 14.6 Å². The van der Waals surface area contributed by atoms with E-state index in [9.17, 15) is 13.2 Å². The molecule has 0 radical (unpaired) electrons. The highest BCUT2D eigenvalue weighted by atomic mass is 32.2. The molecule has 0 spiro atoms. The van der Waals surface area contributed by atoms with Crippen LogP contribution in [-0.4, -0.2) is 38.2 Å². The quantitative estimate of drug-likeness (QED) is 0.752. The van der Waals surface area contributed by atoms with E-state index in [1.54, 1.807) is 6.07 Å². The molecule has 1 aromatic carbocycles. The Bertz CT molecular complexity index is 768. The van der Waals surface area contributed by atoms with Crippen molar-refractivity contribution in [3.05, 3.63) is 53.9 Å². The van der Waals surface area contributed by atoms with Gasteiger partial charge in [0.2, 0.25) is 10.0 Å². The summed E-state index contributed by atoms with van der Waals surface area (Å²) in [4.78, 5) is 12.2. The summed E-state index contributed by atoms with van der Waals surface area (Å²) in [5, 5.41) is 2.79. The van der Waals surface area contributed by atoms with Gasteiger partial charge in [-0.3, -0.25) is 4.79 Å². The van der Waals surface area contributed by atoms with Gasteiger partial charge < -0.3 is 9.88 Å². The zero-order chi connectivity index (χ0) is 16.9. The van der Waals surface area contributed by atoms with Crippen LogP contribution < -0.4 is 10.0 Å². The second-order valence-corrected chi connectivity index (χ2v) is 7.20. The highest BCUT2D eigenvalue weighted by Crippen LogP contribution is 2.16. The highest BCUT2D eigenvalue weighted by Gasteiger charge is 2.08. The van der Waals surface area contributed by atoms with Crippen LogP contribution in [0.2, 0.25) is 0 Å². The van der Waals surface area contributed by atoms with Gasteiger partial charge in [-0.2, -0.15) is 0 Å². The zero-order valence-electron chi connectivity index (χ0n) is 13.2. The molecular weight excluding hydrogens is 314 g/mol. The first kappa shape index (κ1) is 17.2. The number of rotatable bonds is 7. The summed E-state index contributed by atoms with van der Waals surface area (Å²) < 4.78 is 26.2. The fourth-order valence-corrected chi connectivity index (χ4v) is 2.69. The lowest BCUT2D eigenvalue weighted by molar-refractivity contribution is 0.0953. The van der Waals surface area contributed by atoms with Gasteiger partial charge >= 0.3 is 0 Å². The van der Waals surface area contributed by atoms with Gasteiger partial charge in [0, 0.05) is 36.7 Å². The number of nitrogens with zero attached hydrogens (tertiary/aromatic N) is 1. The predicted molar refractivity (Wildman–Crippen MR) is 90.3 cm³/mol. The average Bonchev–Trinajstić information content (AvgIpc) is 3.00. The normalized spacial score (nSPS) is 11.4. The number of sulfonamides is 1. The third-order valence-electron chi connectivity index (χ3n) is 3.36. The number of amides is 1. The molecule has 2 rings (SSSR count). The minimum atomic E-state index is -3.18. The SMILES string of the molecule is Cc1ccc(C(=O)NCCCNS(C)(=O)=O)cc1-n1cccc1. The van der Waals surface area contributed by atoms with Crippen LogP contribution in [0.15, 0.2) is 42.7 Å². The van der Waals surface area contributed by atoms with Crippen LogP contribution in [-0.2, 0) is 10.0 Å². The number of benzene rings is 1. The van der Waals surface area contributed by atoms with Gasteiger partial charge in [-0.1, -0.05) is 6.07 Å². The lowest BCUT2D eigenvalue weighted by atomic mass is 10.1. The van der Waals surface area contributed by atoms with Crippen molar-refractivity contribution < 1.29 is 13.2 Å². The van der Waals surface area contributed by atoms with E-state index in [1.807, 2.05) is 48.1 Å². The molecule has 1 heterocycles. The largest absolute Gasteiger partial charge is 0.352 e. The molecule has 0 atom stereocenters. The van der Waals surface area contributed by atoms with Gasteiger partial charge in [0.1, 0.15) is 0 Å². The number of carbonyl (C=O) groups excluding carboxylic acids is 1. The average molecular weight is 335 g/mol. The second-order valence-electron chi connectivity index (χ2n) is 5.37. The maximum atomic E-state index is 12.2. The molecule has 0 fully saturated rings. The van der Waals surface area contributed by atoms with Crippen molar-refractivity contribution in [2.45, 2.75) is 13.3 Å². The van der Waals surface area contributed by atoms with Crippen LogP contribution in [0.5, 0.6) is 0 Å². The Morgan fingerprint density at radius 1 is 1.17 bits per heavy atom. The van der Waals surface area contributed by atoms with Crippen molar-refractivity contribution in [2.24, 2.45) is 0 Å². The molecule has 0 saturated carbocycles. The molecule has 124 valence electrons. The lowest BCUT2D eigenvalue weighted by Crippen LogP contribution is -2.29. The molecule has 2 N–H and O–H groups in total. The molecule has 0 aliphatic rings. The zero-order valence-corrected chi connectivity index (χ0v) is 14.1. The molecule has 6 nitrogen and oxygen atoms in total. The topological polar surface area (TPSA) is 80.2 Å². The summed E-state index contributed by atoms with van der Waals surface area (Å²) >= 11 is 0. The summed E-state index contributed by atoms with van der Waals surface area (Å²) in [6.07, 6.45) is 5.51. The maximum Gasteiger partial charge on any atom is 0.251 e. The molecule has 0 bridgehead atoms. The lowest BCUT2D eigenvalue weighted by Gasteiger charge is -2.10. The third kappa shape index (κ3) is 5.22. The molecule has 7 heteroatoms. The van der Waals surface area contributed by atoms with Gasteiger partial charge in [-0.25, -0.2) is 13.1 Å². The fourth-order valence-electron chi connectivity index (χ4n) is 2.17. The van der Waals surface area contributed by atoms with E-state index in [0.717, 1.165) is 17.5 Å². The number of hydrogen-bond donors (Lipinski definition) is 2. The summed E-state index contributed by atoms with van der Waals surface area (Å²) in [6, 6.07) is 9.41. The van der Waals surface area contributed by atoms with Crippen molar-refractivity contribution in [3.63, 3.8) is 0 Å². The van der Waals surface area contributed by atoms with E-state index in [0.29, 0.717) is 25.1 Å². The van der Waals surface area contributed by atoms with Gasteiger partial charge in [0.25, 0.3) is 5.91 Å². The van der Waals surface area contributed by atoms with Crippen molar-refractivity contribution >= 4 is 15.9 Å². The number of aromatic nitrogens is 1. The number of aryl methyl sites for hydroxylation is 1. The Kier molecular flexibility index (Phi) is 5.57. The minimum absolute atomic E-state index is 0.169. The fraction of sp³-hybridized carbons (Fsp3) is 0.312. The standard InChI is InChI=1S/C16H21N3O3S/c1-13-6-7-14(12-15(13)19-10-3-4-11-19)16(20)17-8-5-9-18-23(2,21)22/h3-4,6-7,10-12,18H,5,8-9H2,1-2H3,(H,17,20). The Balaban J connectivity index is 1.94. The summed E-state index contributed by atoms with van der Waals surface area (Å²) in [5.41, 5.74) is 2.62. The van der Waals surface area contributed by atoms with Gasteiger partial charge in [0.05, 0.1) is 6.26 Å². The third-order valence-corrected chi connectivity index (χ3v) is 4.09. The number of nitrogens with one attached hydrogen (secondary N) is 2. The van der Waals surface area contributed by atoms with E-state index in [1.165, 1.54) is 0 Å². The van der Waals surface area contributed by atoms with E-state index in [4.69, 9.17) is 0 Å². The number of hydrogen-bond acceptors (Lipinski definition) is 3. The van der Waals surface area contributed by atoms with Crippen LogP contribution in [0.3, 0.4) is 0 Å². The Morgan fingerprint density at radius 3 is 2.52 bits per heavy atom. The Hall–Kier alpha value is -2.12. The van der Waals surface area contributed by atoms with Crippen LogP contribution in [0.25, 0.3) is 5.69 Å². The minimum Gasteiger partial charge on any atom is -0.352 e. The van der Waals surface area contributed by atoms with E-state index in [-0.39, 0.29) is 5.91 Å². The van der Waals surface area contributed by atoms with E-state index < -0.39 is 10.0 Å². The first-order valence-corrected chi connectivity index (χ1v) is 9.23. The molecule has 1 amide bonds. The molecule has 23 heavy (non-hydrogen) atoms. The van der Waals surface area contributed by atoms with Gasteiger partial charge in [0.15, 0.2) is 0 Å². The molecule has 0 saturated heterocycles. The van der Waals surface area contributed by atoms with Crippen LogP contribution in [0, 0.1) is 6.92 Å². The first-order chi connectivity index (χ1) is 10.9. The summed E-state index contributed by atoms with van der Waals surface area (Å²) in [5.74, 6) is -0.169. The predicted octanol–water partition coefficient (Wildman–Crippen LogP) is 1.45. The van der Waals surface area contributed by atoms with E-state index in [2.05, 4.69) is 10.0 Å². The monoisotopic (exact) mass is 335 g/mol. The second kappa shape index (κ2) is 7.43. The first-order valence-electron chi connectivity index (χ1n) is 7.33. The van der Waals surface area contributed by atoms with E-state index >= 15 is 0 Å². The van der Waals surface area contributed by atoms with Crippen LogP contribution in [0.4, 0.5) is 0 Å². The van der Waals surface area contributed by atoms with Crippen molar-refractivity contribution in [2.75, 3.05) is 19.3 Å². The molecule has 0 aliphatic carbocycles. The molecule has 2 aromatic rings. The molecule has 1 aromatic heterocycles. The molecule has 0 unspecified atom stereocenters. The number of carbonyl (C=O) groups is 1. The maximum absolute atomic E-state index is 12.2. The Labute approximate surface area is 136 Å². The van der Waals surface area contributed by atoms with Crippen molar-refractivity contribution in [1.29, 1.82) is 0 Å². The van der Waals surface area contributed by atoms with Crippen molar-refractivity contribution in [3.8, 4) is 5.69 Å². The molecule has 0 aliphatic heterocycles. The smallest absolute Gasteiger partial charge is 0.251 e. The summed E-state index contributed by atoms with van der Waals surface area (Å²) in [6.45, 7) is 2.71. The van der Waals surface area contributed by atoms with Gasteiger partial charge in [-0.15, -0.1) is 0 Å². The van der Waals surface area contributed by atoms with Gasteiger partial charge in [-0.05, 0) is 43.2 Å². The van der Waals surface area contributed by atoms with Crippen LogP contribution >= 0.6 is 0 Å². The van der Waals surface area contributed by atoms with Crippen LogP contribution in [0.1, 0.15) is 22.3 Å². The summed E-state index contributed by atoms with van der Waals surface area (Å²) in [7, 11) is -3.18. The molecular formula is C16H21N3O3S. The Morgan fingerprint density at radius 2 is 1.87 bits per heavy atom. The highest BCUT2D eigenvalue weighted by molar-refractivity contribution is 7.88.